The molecule has 0 aliphatic carbocycles. The number of phenolic OH excluding ortho intramolecular Hbond substituents is 2. The third-order valence-corrected chi connectivity index (χ3v) is 12.5. The molecule has 126 valence electrons. The molecule has 0 aromatic heterocycles. The molecule has 0 radical (unpaired) electrons. The Bertz CT molecular complexity index is 763. The molecule has 0 fully saturated rings. The van der Waals surface area contributed by atoms with E-state index in [1.807, 2.05) is 47.0 Å². The van der Waals surface area contributed by atoms with Crippen molar-refractivity contribution in [2.75, 3.05) is 0 Å². The van der Waals surface area contributed by atoms with Crippen molar-refractivity contribution in [3.63, 3.8) is 0 Å². The number of hydrogen-bond acceptors (Lipinski definition) is 8. The summed E-state index contributed by atoms with van der Waals surface area (Å²) in [7, 11) is 0. The second kappa shape index (κ2) is 7.04. The van der Waals surface area contributed by atoms with E-state index in [9.17, 15) is 10.2 Å². The van der Waals surface area contributed by atoms with Gasteiger partial charge in [-0.25, -0.2) is 0 Å². The minimum atomic E-state index is -0.0481. The highest BCUT2D eigenvalue weighted by Crippen LogP contribution is 2.70. The van der Waals surface area contributed by atoms with E-state index < -0.39 is 0 Å². The average molecular weight is 431 g/mol. The summed E-state index contributed by atoms with van der Waals surface area (Å²) in [6.07, 6.45) is 2.26. The normalized spacial score (nSPS) is 19.3. The maximum Gasteiger partial charge on any atom is 0.158 e. The summed E-state index contributed by atoms with van der Waals surface area (Å²) >= 11 is 10.9. The lowest BCUT2D eigenvalue weighted by Gasteiger charge is -2.08. The zero-order chi connectivity index (χ0) is 16.8. The van der Waals surface area contributed by atoms with E-state index in [1.165, 1.54) is 21.2 Å². The molecule has 3 heterocycles. The van der Waals surface area contributed by atoms with Gasteiger partial charge in [0, 0.05) is 9.79 Å². The Balaban J connectivity index is 1.53. The zero-order valence-electron chi connectivity index (χ0n) is 12.9. The molecule has 8 heteroatoms. The van der Waals surface area contributed by atoms with Crippen molar-refractivity contribution < 1.29 is 10.2 Å². The van der Waals surface area contributed by atoms with Crippen molar-refractivity contribution in [3.8, 4) is 11.5 Å². The van der Waals surface area contributed by atoms with E-state index in [0.717, 1.165) is 22.6 Å². The van der Waals surface area contributed by atoms with Gasteiger partial charge in [0.15, 0.2) is 11.5 Å². The molecule has 3 aliphatic rings. The van der Waals surface area contributed by atoms with E-state index in [1.54, 1.807) is 41.2 Å². The van der Waals surface area contributed by atoms with Crippen LogP contribution in [0.15, 0.2) is 48.7 Å². The van der Waals surface area contributed by atoms with Gasteiger partial charge in [0.05, 0.1) is 21.2 Å². The van der Waals surface area contributed by atoms with Gasteiger partial charge < -0.3 is 10.2 Å². The molecule has 1 aromatic rings. The highest BCUT2D eigenvalue weighted by molar-refractivity contribution is 8.48. The van der Waals surface area contributed by atoms with Crippen molar-refractivity contribution in [1.29, 1.82) is 0 Å². The summed E-state index contributed by atoms with van der Waals surface area (Å²) in [5, 5.41) is 19.4. The molecule has 1 aromatic carbocycles. The lowest BCUT2D eigenvalue weighted by Crippen LogP contribution is -1.80. The Labute approximate surface area is 166 Å². The molecule has 0 amide bonds. The number of aromatic hydroxyl groups is 2. The third-order valence-electron chi connectivity index (χ3n) is 3.66. The first-order valence-corrected chi connectivity index (χ1v) is 12.3. The van der Waals surface area contributed by atoms with Crippen LogP contribution < -0.4 is 0 Å². The predicted molar refractivity (Wildman–Crippen MR) is 114 cm³/mol. The minimum absolute atomic E-state index is 0.0481. The minimum Gasteiger partial charge on any atom is -0.504 e. The van der Waals surface area contributed by atoms with Crippen LogP contribution in [-0.2, 0) is 0 Å². The van der Waals surface area contributed by atoms with Gasteiger partial charge in [-0.1, -0.05) is 84.4 Å². The van der Waals surface area contributed by atoms with E-state index in [4.69, 9.17) is 0 Å². The van der Waals surface area contributed by atoms with Crippen LogP contribution in [0.25, 0.3) is 0 Å². The number of rotatable bonds is 2. The van der Waals surface area contributed by atoms with Crippen molar-refractivity contribution in [2.45, 2.75) is 36.5 Å². The van der Waals surface area contributed by atoms with Gasteiger partial charge >= 0.3 is 0 Å². The maximum atomic E-state index is 9.68. The molecule has 24 heavy (non-hydrogen) atoms. The van der Waals surface area contributed by atoms with Crippen LogP contribution in [0.2, 0.25) is 0 Å². The molecule has 2 N–H and O–H groups in total. The summed E-state index contributed by atoms with van der Waals surface area (Å²) in [5.41, 5.74) is 1.55. The van der Waals surface area contributed by atoms with Crippen molar-refractivity contribution in [1.82, 2.24) is 0 Å². The summed E-state index contributed by atoms with van der Waals surface area (Å²) in [4.78, 5) is 2.04. The van der Waals surface area contributed by atoms with Gasteiger partial charge in [0.25, 0.3) is 0 Å². The largest absolute Gasteiger partial charge is 0.504 e. The molecule has 0 spiro atoms. The van der Waals surface area contributed by atoms with Gasteiger partial charge in [-0.05, 0) is 30.5 Å². The fourth-order valence-electron chi connectivity index (χ4n) is 2.36. The SMILES string of the molecule is CCC(CC)=C1SC2=C(S1)SC(=C1Sc3cc(O)c(O)cc3S1)S2. The van der Waals surface area contributed by atoms with Crippen molar-refractivity contribution in [3.05, 3.63) is 38.9 Å². The summed E-state index contributed by atoms with van der Waals surface area (Å²) in [5.74, 6) is -0.0963. The number of allylic oxidation sites excluding steroid dienone is 1. The average Bonchev–Trinajstić information content (AvgIpc) is 3.21. The number of phenols is 2. The summed E-state index contributed by atoms with van der Waals surface area (Å²) in [6, 6.07) is 3.31. The fraction of sp³-hybridized carbons (Fsp3) is 0.250. The van der Waals surface area contributed by atoms with E-state index in [2.05, 4.69) is 13.8 Å². The Morgan fingerprint density at radius 3 is 1.58 bits per heavy atom. The Kier molecular flexibility index (Phi) is 5.15. The number of hydrogen-bond donors (Lipinski definition) is 2. The maximum absolute atomic E-state index is 9.68. The number of fused-ring (bicyclic) bond motifs is 1. The topological polar surface area (TPSA) is 40.5 Å². The van der Waals surface area contributed by atoms with Crippen molar-refractivity contribution in [2.24, 2.45) is 0 Å². The van der Waals surface area contributed by atoms with Crippen LogP contribution in [0.4, 0.5) is 0 Å². The molecular formula is C16H14O2S6. The van der Waals surface area contributed by atoms with Gasteiger partial charge in [-0.2, -0.15) is 0 Å². The molecule has 0 atom stereocenters. The summed E-state index contributed by atoms with van der Waals surface area (Å²) < 4.78 is 6.85. The Morgan fingerprint density at radius 1 is 0.708 bits per heavy atom. The highest BCUT2D eigenvalue weighted by Gasteiger charge is 2.34. The molecule has 0 saturated carbocycles. The quantitative estimate of drug-likeness (QED) is 0.466. The van der Waals surface area contributed by atoms with Crippen LogP contribution in [0, 0.1) is 0 Å². The first kappa shape index (κ1) is 17.5. The number of thioether (sulfide) groups is 6. The van der Waals surface area contributed by atoms with Crippen LogP contribution in [0.1, 0.15) is 26.7 Å². The fourth-order valence-corrected chi connectivity index (χ4v) is 11.9. The molecule has 2 nitrogen and oxygen atoms in total. The number of benzene rings is 1. The molecular weight excluding hydrogens is 417 g/mol. The van der Waals surface area contributed by atoms with Gasteiger partial charge in [-0.3, -0.25) is 0 Å². The zero-order valence-corrected chi connectivity index (χ0v) is 17.8. The van der Waals surface area contributed by atoms with Crippen LogP contribution in [0.3, 0.4) is 0 Å². The van der Waals surface area contributed by atoms with E-state index in [-0.39, 0.29) is 11.5 Å². The third kappa shape index (κ3) is 3.14. The lowest BCUT2D eigenvalue weighted by molar-refractivity contribution is 0.401. The Hall–Kier alpha value is 0.140. The second-order valence-corrected chi connectivity index (χ2v) is 12.6. The second-order valence-electron chi connectivity index (χ2n) is 5.15. The molecule has 4 rings (SSSR count). The highest BCUT2D eigenvalue weighted by atomic mass is 32.3. The first-order chi connectivity index (χ1) is 11.6. The van der Waals surface area contributed by atoms with Gasteiger partial charge in [0.2, 0.25) is 0 Å². The Morgan fingerprint density at radius 2 is 1.12 bits per heavy atom. The molecule has 0 saturated heterocycles. The van der Waals surface area contributed by atoms with E-state index >= 15 is 0 Å². The molecule has 3 aliphatic heterocycles. The standard InChI is InChI=1S/C16H14O2S6/c1-3-7(4-2)12-21-15-16(22-12)24-14(23-15)13-19-10-5-8(17)9(18)6-11(10)20-13/h5-6,17-18H,3-4H2,1-2H3. The van der Waals surface area contributed by atoms with Crippen LogP contribution in [0.5, 0.6) is 11.5 Å². The lowest BCUT2D eigenvalue weighted by atomic mass is 10.2. The van der Waals surface area contributed by atoms with Crippen LogP contribution in [-0.4, -0.2) is 10.2 Å². The van der Waals surface area contributed by atoms with Gasteiger partial charge in [-0.15, -0.1) is 0 Å². The summed E-state index contributed by atoms with van der Waals surface area (Å²) in [6.45, 7) is 4.47. The van der Waals surface area contributed by atoms with E-state index in [0.29, 0.717) is 0 Å². The smallest absolute Gasteiger partial charge is 0.158 e. The molecule has 0 bridgehead atoms. The van der Waals surface area contributed by atoms with Crippen molar-refractivity contribution >= 4 is 70.6 Å². The monoisotopic (exact) mass is 430 g/mol. The van der Waals surface area contributed by atoms with Crippen LogP contribution >= 0.6 is 70.6 Å². The first-order valence-electron chi connectivity index (χ1n) is 7.42. The van der Waals surface area contributed by atoms with Gasteiger partial charge in [0.1, 0.15) is 0 Å². The molecule has 0 unspecified atom stereocenters. The predicted octanol–water partition coefficient (Wildman–Crippen LogP) is 7.54.